The summed E-state index contributed by atoms with van der Waals surface area (Å²) in [7, 11) is 0. The number of unbranched alkanes of at least 4 members (excludes halogenated alkanes) is 1. The first-order valence-electron chi connectivity index (χ1n) is 9.02. The second-order valence-corrected chi connectivity index (χ2v) is 6.39. The number of ether oxygens (including phenoxy) is 1. The molecule has 0 bridgehead atoms. The van der Waals surface area contributed by atoms with Crippen LogP contribution in [0.2, 0.25) is 0 Å². The summed E-state index contributed by atoms with van der Waals surface area (Å²) in [6, 6.07) is 12.9. The minimum absolute atomic E-state index is 0.0662. The Kier molecular flexibility index (Phi) is 5.86. The highest BCUT2D eigenvalue weighted by Crippen LogP contribution is 2.22. The maximum absolute atomic E-state index is 12.4. The molecule has 0 aliphatic rings. The molecule has 0 fully saturated rings. The standard InChI is InChI=1S/C21H23N3O3/c1-4-5-12-26-18-10-8-16(9-11-18)19(25)22-21-24-23-20(27-21)17-7-6-14(2)15(3)13-17/h6-11,13H,4-5,12H2,1-3H3,(H,22,24,25). The van der Waals surface area contributed by atoms with Gasteiger partial charge in [0.05, 0.1) is 6.61 Å². The van der Waals surface area contributed by atoms with Crippen LogP contribution in [-0.4, -0.2) is 22.7 Å². The molecule has 1 heterocycles. The van der Waals surface area contributed by atoms with Crippen LogP contribution in [0.5, 0.6) is 5.75 Å². The quantitative estimate of drug-likeness (QED) is 0.609. The normalized spacial score (nSPS) is 10.6. The molecule has 6 nitrogen and oxygen atoms in total. The van der Waals surface area contributed by atoms with Crippen LogP contribution in [0, 0.1) is 13.8 Å². The molecule has 6 heteroatoms. The highest BCUT2D eigenvalue weighted by Gasteiger charge is 2.13. The Morgan fingerprint density at radius 1 is 1.07 bits per heavy atom. The van der Waals surface area contributed by atoms with Crippen molar-refractivity contribution in [2.45, 2.75) is 33.6 Å². The van der Waals surface area contributed by atoms with E-state index in [0.29, 0.717) is 18.1 Å². The lowest BCUT2D eigenvalue weighted by atomic mass is 10.1. The maximum Gasteiger partial charge on any atom is 0.322 e. The molecule has 0 spiro atoms. The average molecular weight is 365 g/mol. The second kappa shape index (κ2) is 8.49. The first-order valence-corrected chi connectivity index (χ1v) is 9.02. The van der Waals surface area contributed by atoms with Crippen molar-refractivity contribution in [1.29, 1.82) is 0 Å². The zero-order chi connectivity index (χ0) is 19.2. The minimum atomic E-state index is -0.314. The van der Waals surface area contributed by atoms with Crippen LogP contribution in [0.25, 0.3) is 11.5 Å². The SMILES string of the molecule is CCCCOc1ccc(C(=O)Nc2nnc(-c3ccc(C)c(C)c3)o2)cc1. The van der Waals surface area contributed by atoms with Gasteiger partial charge in [-0.15, -0.1) is 5.10 Å². The van der Waals surface area contributed by atoms with E-state index in [4.69, 9.17) is 9.15 Å². The zero-order valence-electron chi connectivity index (χ0n) is 15.8. The highest BCUT2D eigenvalue weighted by atomic mass is 16.5. The number of aromatic nitrogens is 2. The molecule has 1 aromatic heterocycles. The zero-order valence-corrected chi connectivity index (χ0v) is 15.8. The van der Waals surface area contributed by atoms with Gasteiger partial charge in [-0.2, -0.15) is 0 Å². The number of hydrogen-bond donors (Lipinski definition) is 1. The summed E-state index contributed by atoms with van der Waals surface area (Å²) in [5.74, 6) is 0.799. The Morgan fingerprint density at radius 3 is 2.56 bits per heavy atom. The fourth-order valence-electron chi connectivity index (χ4n) is 2.47. The first kappa shape index (κ1) is 18.6. The molecule has 0 saturated heterocycles. The van der Waals surface area contributed by atoms with E-state index in [0.717, 1.165) is 29.7 Å². The van der Waals surface area contributed by atoms with Crippen molar-refractivity contribution in [1.82, 2.24) is 10.2 Å². The summed E-state index contributed by atoms with van der Waals surface area (Å²) in [5, 5.41) is 10.5. The lowest BCUT2D eigenvalue weighted by molar-refractivity contribution is 0.102. The first-order chi connectivity index (χ1) is 13.1. The Balaban J connectivity index is 1.64. The smallest absolute Gasteiger partial charge is 0.322 e. The number of benzene rings is 2. The van der Waals surface area contributed by atoms with Crippen LogP contribution in [-0.2, 0) is 0 Å². The molecule has 140 valence electrons. The van der Waals surface area contributed by atoms with Crippen LogP contribution < -0.4 is 10.1 Å². The number of carbonyl (C=O) groups is 1. The van der Waals surface area contributed by atoms with Crippen molar-refractivity contribution in [3.8, 4) is 17.2 Å². The van der Waals surface area contributed by atoms with E-state index in [1.807, 2.05) is 32.0 Å². The Bertz CT molecular complexity index is 917. The van der Waals surface area contributed by atoms with Gasteiger partial charge in [-0.05, 0) is 67.8 Å². The van der Waals surface area contributed by atoms with E-state index in [9.17, 15) is 4.79 Å². The number of rotatable bonds is 7. The molecule has 2 aromatic carbocycles. The van der Waals surface area contributed by atoms with Crippen molar-refractivity contribution < 1.29 is 13.9 Å². The molecule has 0 aliphatic carbocycles. The van der Waals surface area contributed by atoms with Gasteiger partial charge in [-0.1, -0.05) is 24.5 Å². The van der Waals surface area contributed by atoms with Crippen LogP contribution in [0.15, 0.2) is 46.9 Å². The Morgan fingerprint density at radius 2 is 1.85 bits per heavy atom. The van der Waals surface area contributed by atoms with Gasteiger partial charge in [0.2, 0.25) is 5.89 Å². The average Bonchev–Trinajstić information content (AvgIpc) is 3.13. The predicted octanol–water partition coefficient (Wildman–Crippen LogP) is 4.78. The molecule has 3 rings (SSSR count). The van der Waals surface area contributed by atoms with Crippen molar-refractivity contribution in [2.24, 2.45) is 0 Å². The molecule has 0 aliphatic heterocycles. The van der Waals surface area contributed by atoms with Crippen LogP contribution in [0.4, 0.5) is 6.01 Å². The van der Waals surface area contributed by atoms with Crippen molar-refractivity contribution in [3.05, 3.63) is 59.2 Å². The van der Waals surface area contributed by atoms with Gasteiger partial charge in [0.25, 0.3) is 5.91 Å². The summed E-state index contributed by atoms with van der Waals surface area (Å²) < 4.78 is 11.2. The number of aryl methyl sites for hydroxylation is 2. The van der Waals surface area contributed by atoms with Gasteiger partial charge in [-0.3, -0.25) is 10.1 Å². The van der Waals surface area contributed by atoms with E-state index >= 15 is 0 Å². The van der Waals surface area contributed by atoms with Gasteiger partial charge in [-0.25, -0.2) is 0 Å². The van der Waals surface area contributed by atoms with E-state index in [-0.39, 0.29) is 11.9 Å². The van der Waals surface area contributed by atoms with E-state index in [2.05, 4.69) is 22.4 Å². The molecule has 27 heavy (non-hydrogen) atoms. The molecule has 1 amide bonds. The van der Waals surface area contributed by atoms with Gasteiger partial charge in [0.1, 0.15) is 5.75 Å². The van der Waals surface area contributed by atoms with E-state index < -0.39 is 0 Å². The molecule has 0 atom stereocenters. The number of nitrogens with zero attached hydrogens (tertiary/aromatic N) is 2. The summed E-state index contributed by atoms with van der Waals surface area (Å²) in [5.41, 5.74) is 3.63. The van der Waals surface area contributed by atoms with E-state index in [1.165, 1.54) is 5.56 Å². The molecule has 3 aromatic rings. The minimum Gasteiger partial charge on any atom is -0.494 e. The monoisotopic (exact) mass is 365 g/mol. The summed E-state index contributed by atoms with van der Waals surface area (Å²) >= 11 is 0. The third kappa shape index (κ3) is 4.73. The lowest BCUT2D eigenvalue weighted by Crippen LogP contribution is -2.12. The molecule has 1 N–H and O–H groups in total. The Labute approximate surface area is 158 Å². The fourth-order valence-corrected chi connectivity index (χ4v) is 2.47. The maximum atomic E-state index is 12.4. The van der Waals surface area contributed by atoms with Crippen molar-refractivity contribution in [3.63, 3.8) is 0 Å². The lowest BCUT2D eigenvalue weighted by Gasteiger charge is -2.06. The van der Waals surface area contributed by atoms with Crippen molar-refractivity contribution >= 4 is 11.9 Å². The van der Waals surface area contributed by atoms with Crippen molar-refractivity contribution in [2.75, 3.05) is 11.9 Å². The number of carbonyl (C=O) groups excluding carboxylic acids is 1. The summed E-state index contributed by atoms with van der Waals surface area (Å²) in [6.45, 7) is 6.84. The largest absolute Gasteiger partial charge is 0.494 e. The molecule has 0 radical (unpaired) electrons. The Hall–Kier alpha value is -3.15. The van der Waals surface area contributed by atoms with Crippen LogP contribution in [0.1, 0.15) is 41.3 Å². The third-order valence-corrected chi connectivity index (χ3v) is 4.28. The number of anilines is 1. The molecule has 0 unspecified atom stereocenters. The molecular formula is C21H23N3O3. The predicted molar refractivity (Wildman–Crippen MR) is 104 cm³/mol. The van der Waals surface area contributed by atoms with Crippen LogP contribution in [0.3, 0.4) is 0 Å². The highest BCUT2D eigenvalue weighted by molar-refractivity contribution is 6.03. The van der Waals surface area contributed by atoms with Gasteiger partial charge in [0, 0.05) is 11.1 Å². The molecular weight excluding hydrogens is 342 g/mol. The van der Waals surface area contributed by atoms with Gasteiger partial charge >= 0.3 is 6.01 Å². The van der Waals surface area contributed by atoms with Crippen LogP contribution >= 0.6 is 0 Å². The summed E-state index contributed by atoms with van der Waals surface area (Å²) in [6.07, 6.45) is 2.08. The number of amides is 1. The van der Waals surface area contributed by atoms with Gasteiger partial charge in [0.15, 0.2) is 0 Å². The van der Waals surface area contributed by atoms with Gasteiger partial charge < -0.3 is 9.15 Å². The second-order valence-electron chi connectivity index (χ2n) is 6.39. The number of nitrogens with one attached hydrogen (secondary N) is 1. The fraction of sp³-hybridized carbons (Fsp3) is 0.286. The van der Waals surface area contributed by atoms with E-state index in [1.54, 1.807) is 24.3 Å². The summed E-state index contributed by atoms with van der Waals surface area (Å²) in [4.78, 5) is 12.4. The number of hydrogen-bond acceptors (Lipinski definition) is 5. The molecule has 0 saturated carbocycles. The topological polar surface area (TPSA) is 77.2 Å². The third-order valence-electron chi connectivity index (χ3n) is 4.28.